The predicted octanol–water partition coefficient (Wildman–Crippen LogP) is 0.371. The van der Waals surface area contributed by atoms with E-state index in [2.05, 4.69) is 10.1 Å². The van der Waals surface area contributed by atoms with Gasteiger partial charge in [0.1, 0.15) is 12.0 Å². The lowest BCUT2D eigenvalue weighted by Gasteiger charge is -2.11. The number of carboxylic acid groups (broad SMARTS) is 1. The molecule has 0 unspecified atom stereocenters. The maximum absolute atomic E-state index is 11.4. The zero-order chi connectivity index (χ0) is 18.4. The van der Waals surface area contributed by atoms with Crippen LogP contribution in [0.5, 0.6) is 5.75 Å². The quantitative estimate of drug-likeness (QED) is 0.504. The van der Waals surface area contributed by atoms with Gasteiger partial charge in [0, 0.05) is 13.7 Å². The number of carbonyl (C=O) groups excluding carboxylic acids is 2. The third kappa shape index (κ3) is 10.3. The van der Waals surface area contributed by atoms with Gasteiger partial charge in [0.05, 0.1) is 12.6 Å². The number of phenols is 1. The molecule has 3 N–H and O–H groups in total. The number of ether oxygens (including phenoxy) is 2. The molecule has 0 spiro atoms. The Morgan fingerprint density at radius 1 is 1.42 bits per heavy atom. The zero-order valence-corrected chi connectivity index (χ0v) is 13.7. The van der Waals surface area contributed by atoms with E-state index in [1.54, 1.807) is 31.4 Å². The summed E-state index contributed by atoms with van der Waals surface area (Å²) in [5, 5.41) is 18.6. The van der Waals surface area contributed by atoms with Crippen LogP contribution in [0.4, 0.5) is 0 Å². The average molecular weight is 341 g/mol. The number of amides is 1. The van der Waals surface area contributed by atoms with Gasteiger partial charge >= 0.3 is 0 Å². The Bertz CT molecular complexity index is 484. The summed E-state index contributed by atoms with van der Waals surface area (Å²) in [5.41, 5.74) is 0.872. The molecule has 0 bridgehead atoms. The summed E-state index contributed by atoms with van der Waals surface area (Å²) in [6.07, 6.45) is 0.715. The normalized spacial score (nSPS) is 15.5. The molecule has 2 atom stereocenters. The summed E-state index contributed by atoms with van der Waals surface area (Å²) in [7, 11) is 1.68. The van der Waals surface area contributed by atoms with Crippen LogP contribution in [-0.2, 0) is 30.3 Å². The molecule has 134 valence electrons. The minimum atomic E-state index is -0.559. The van der Waals surface area contributed by atoms with Crippen molar-refractivity contribution in [1.82, 2.24) is 5.32 Å². The highest BCUT2D eigenvalue weighted by molar-refractivity contribution is 5.85. The number of aldehydes is 1. The van der Waals surface area contributed by atoms with Crippen molar-refractivity contribution in [2.45, 2.75) is 25.5 Å². The molecule has 1 aliphatic rings. The van der Waals surface area contributed by atoms with Gasteiger partial charge in [-0.1, -0.05) is 12.1 Å². The van der Waals surface area contributed by atoms with Crippen LogP contribution in [0, 0.1) is 0 Å². The van der Waals surface area contributed by atoms with Gasteiger partial charge in [-0.2, -0.15) is 0 Å². The molecule has 8 heteroatoms. The molecule has 24 heavy (non-hydrogen) atoms. The van der Waals surface area contributed by atoms with Gasteiger partial charge in [0.15, 0.2) is 6.10 Å². The molecule has 1 heterocycles. The Balaban J connectivity index is 0.000000648. The number of phenolic OH excluding ortho intramolecular Hbond substituents is 1. The fraction of sp³-hybridized carbons (Fsp3) is 0.438. The highest BCUT2D eigenvalue weighted by Gasteiger charge is 2.32. The van der Waals surface area contributed by atoms with Crippen LogP contribution in [0.1, 0.15) is 12.5 Å². The van der Waals surface area contributed by atoms with Crippen molar-refractivity contribution in [3.8, 4) is 5.75 Å². The SMILES string of the molecule is CCOC.O=CO.O=C[C@H](Cc1ccc(O)cc1)NC(=O)[C@@H]1CO1. The van der Waals surface area contributed by atoms with E-state index in [1.165, 1.54) is 0 Å². The van der Waals surface area contributed by atoms with Gasteiger partial charge in [-0.05, 0) is 31.0 Å². The monoisotopic (exact) mass is 341 g/mol. The fourth-order valence-corrected chi connectivity index (χ4v) is 1.49. The summed E-state index contributed by atoms with van der Waals surface area (Å²) >= 11 is 0. The summed E-state index contributed by atoms with van der Waals surface area (Å²) in [4.78, 5) is 30.6. The second-order valence-corrected chi connectivity index (χ2v) is 4.63. The maximum Gasteiger partial charge on any atom is 0.290 e. The summed E-state index contributed by atoms with van der Waals surface area (Å²) in [6.45, 7) is 2.95. The van der Waals surface area contributed by atoms with E-state index in [9.17, 15) is 9.59 Å². The summed E-state index contributed by atoms with van der Waals surface area (Å²) < 4.78 is 9.36. The van der Waals surface area contributed by atoms with Gasteiger partial charge in [-0.3, -0.25) is 9.59 Å². The summed E-state index contributed by atoms with van der Waals surface area (Å²) in [5.74, 6) is -0.0762. The van der Waals surface area contributed by atoms with Crippen LogP contribution in [0.15, 0.2) is 24.3 Å². The van der Waals surface area contributed by atoms with E-state index in [0.717, 1.165) is 12.2 Å². The Morgan fingerprint density at radius 3 is 2.29 bits per heavy atom. The van der Waals surface area contributed by atoms with Crippen LogP contribution in [-0.4, -0.2) is 61.3 Å². The highest BCUT2D eigenvalue weighted by atomic mass is 16.6. The van der Waals surface area contributed by atoms with Crippen LogP contribution in [0.3, 0.4) is 0 Å². The van der Waals surface area contributed by atoms with Crippen LogP contribution in [0.2, 0.25) is 0 Å². The van der Waals surface area contributed by atoms with Crippen LogP contribution >= 0.6 is 0 Å². The van der Waals surface area contributed by atoms with E-state index in [0.29, 0.717) is 19.3 Å². The lowest BCUT2D eigenvalue weighted by molar-refractivity contribution is -0.125. The lowest BCUT2D eigenvalue weighted by atomic mass is 10.1. The highest BCUT2D eigenvalue weighted by Crippen LogP contribution is 2.12. The summed E-state index contributed by atoms with van der Waals surface area (Å²) in [6, 6.07) is 5.96. The van der Waals surface area contributed by atoms with E-state index >= 15 is 0 Å². The van der Waals surface area contributed by atoms with Crippen molar-refractivity contribution in [2.75, 3.05) is 20.3 Å². The first-order chi connectivity index (χ1) is 11.5. The number of hydrogen-bond donors (Lipinski definition) is 3. The van der Waals surface area contributed by atoms with Gasteiger partial charge in [-0.15, -0.1) is 0 Å². The van der Waals surface area contributed by atoms with Crippen molar-refractivity contribution in [2.24, 2.45) is 0 Å². The minimum Gasteiger partial charge on any atom is -0.508 e. The van der Waals surface area contributed by atoms with Crippen molar-refractivity contribution < 1.29 is 34.1 Å². The molecule has 1 amide bonds. The molecule has 1 aromatic carbocycles. The minimum absolute atomic E-state index is 0.173. The van der Waals surface area contributed by atoms with Crippen molar-refractivity contribution in [3.63, 3.8) is 0 Å². The van der Waals surface area contributed by atoms with Crippen molar-refractivity contribution in [1.29, 1.82) is 0 Å². The number of nitrogens with one attached hydrogen (secondary N) is 1. The van der Waals surface area contributed by atoms with E-state index in [-0.39, 0.29) is 18.1 Å². The third-order valence-electron chi connectivity index (χ3n) is 2.80. The first-order valence-corrected chi connectivity index (χ1v) is 7.24. The first kappa shape index (κ1) is 21.6. The molecular formula is C16H23NO7. The predicted molar refractivity (Wildman–Crippen MR) is 85.8 cm³/mol. The zero-order valence-electron chi connectivity index (χ0n) is 13.7. The second-order valence-electron chi connectivity index (χ2n) is 4.63. The maximum atomic E-state index is 11.4. The number of epoxide rings is 1. The largest absolute Gasteiger partial charge is 0.508 e. The average Bonchev–Trinajstić information content (AvgIpc) is 3.42. The molecule has 8 nitrogen and oxygen atoms in total. The Morgan fingerprint density at radius 2 is 1.92 bits per heavy atom. The van der Waals surface area contributed by atoms with E-state index in [4.69, 9.17) is 19.7 Å². The number of aromatic hydroxyl groups is 1. The second kappa shape index (κ2) is 13.0. The molecule has 0 aliphatic carbocycles. The van der Waals surface area contributed by atoms with Gasteiger partial charge in [0.2, 0.25) is 0 Å². The first-order valence-electron chi connectivity index (χ1n) is 7.24. The standard InChI is InChI=1S/C12H13NO4.C3H8O.CH2O2/c14-6-9(13-12(16)11-7-17-11)5-8-1-3-10(15)4-2-8;1-3-4-2;2-1-3/h1-4,6,9,11,15H,5,7H2,(H,13,16);3H2,1-2H3;1H,(H,2,3)/t9-,11-;;/m0../s1. The van der Waals surface area contributed by atoms with Gasteiger partial charge < -0.3 is 29.8 Å². The topological polar surface area (TPSA) is 125 Å². The van der Waals surface area contributed by atoms with E-state index in [1.807, 2.05) is 6.92 Å². The Hall–Kier alpha value is -2.45. The molecule has 1 aromatic rings. The molecule has 1 fully saturated rings. The molecule has 1 saturated heterocycles. The van der Waals surface area contributed by atoms with Gasteiger partial charge in [0.25, 0.3) is 12.4 Å². The van der Waals surface area contributed by atoms with Crippen molar-refractivity contribution >= 4 is 18.7 Å². The molecule has 2 rings (SSSR count). The van der Waals surface area contributed by atoms with Crippen molar-refractivity contribution in [3.05, 3.63) is 29.8 Å². The molecule has 0 saturated carbocycles. The molecule has 0 aromatic heterocycles. The Kier molecular flexibility index (Phi) is 11.7. The molecule has 1 aliphatic heterocycles. The Labute approximate surface area is 140 Å². The number of benzene rings is 1. The van der Waals surface area contributed by atoms with Gasteiger partial charge in [-0.25, -0.2) is 0 Å². The smallest absolute Gasteiger partial charge is 0.290 e. The lowest BCUT2D eigenvalue weighted by Crippen LogP contribution is -2.40. The number of methoxy groups -OCH3 is 1. The molecule has 0 radical (unpaired) electrons. The molecular weight excluding hydrogens is 318 g/mol. The number of rotatable bonds is 6. The number of hydrogen-bond acceptors (Lipinski definition) is 6. The van der Waals surface area contributed by atoms with Crippen LogP contribution < -0.4 is 5.32 Å². The third-order valence-corrected chi connectivity index (χ3v) is 2.80. The number of carbonyl (C=O) groups is 3. The van der Waals surface area contributed by atoms with E-state index < -0.39 is 12.1 Å². The fourth-order valence-electron chi connectivity index (χ4n) is 1.49. The van der Waals surface area contributed by atoms with Crippen LogP contribution in [0.25, 0.3) is 0 Å².